The fourth-order valence-corrected chi connectivity index (χ4v) is 2.40. The van der Waals surface area contributed by atoms with Gasteiger partial charge in [0.1, 0.15) is 18.0 Å². The zero-order valence-electron chi connectivity index (χ0n) is 11.4. The van der Waals surface area contributed by atoms with Crippen LogP contribution >= 0.6 is 0 Å². The highest BCUT2D eigenvalue weighted by atomic mass is 16.5. The number of amides is 1. The van der Waals surface area contributed by atoms with E-state index >= 15 is 0 Å². The van der Waals surface area contributed by atoms with Gasteiger partial charge in [-0.25, -0.2) is 0 Å². The highest BCUT2D eigenvalue weighted by Gasteiger charge is 2.46. The highest BCUT2D eigenvalue weighted by molar-refractivity contribution is 6.05. The van der Waals surface area contributed by atoms with Gasteiger partial charge in [0.25, 0.3) is 5.91 Å². The SMILES string of the molecule is CCC1(CC)Oc2ccc(O)cc2N(CC(=O)O)C1=O. The standard InChI is InChI=1S/C14H17NO5/c1-3-14(4-2)13(19)15(8-12(17)18)10-7-9(16)5-6-11(10)20-14/h5-7,16H,3-4,8H2,1-2H3,(H,17,18). The molecule has 2 rings (SSSR count). The van der Waals surface area contributed by atoms with Gasteiger partial charge in [-0.15, -0.1) is 0 Å². The molecular formula is C14H17NO5. The Hall–Kier alpha value is -2.24. The van der Waals surface area contributed by atoms with Gasteiger partial charge in [0, 0.05) is 6.07 Å². The number of carbonyl (C=O) groups excluding carboxylic acids is 1. The minimum absolute atomic E-state index is 0.0453. The van der Waals surface area contributed by atoms with Crippen molar-refractivity contribution in [1.29, 1.82) is 0 Å². The summed E-state index contributed by atoms with van der Waals surface area (Å²) in [7, 11) is 0. The molecule has 0 atom stereocenters. The second kappa shape index (κ2) is 5.03. The van der Waals surface area contributed by atoms with Crippen molar-refractivity contribution in [3.63, 3.8) is 0 Å². The molecule has 20 heavy (non-hydrogen) atoms. The molecular weight excluding hydrogens is 262 g/mol. The van der Waals surface area contributed by atoms with Crippen LogP contribution in [-0.4, -0.2) is 34.2 Å². The summed E-state index contributed by atoms with van der Waals surface area (Å²) in [6, 6.07) is 4.33. The van der Waals surface area contributed by atoms with E-state index in [9.17, 15) is 14.7 Å². The van der Waals surface area contributed by atoms with Crippen LogP contribution in [0.5, 0.6) is 11.5 Å². The predicted octanol–water partition coefficient (Wildman–Crippen LogP) is 1.76. The van der Waals surface area contributed by atoms with E-state index in [4.69, 9.17) is 9.84 Å². The first-order valence-electron chi connectivity index (χ1n) is 6.49. The molecule has 2 N–H and O–H groups in total. The Morgan fingerprint density at radius 1 is 1.35 bits per heavy atom. The van der Waals surface area contributed by atoms with Crippen LogP contribution in [0.15, 0.2) is 18.2 Å². The van der Waals surface area contributed by atoms with Gasteiger partial charge in [0.15, 0.2) is 5.60 Å². The molecule has 0 unspecified atom stereocenters. The Balaban J connectivity index is 2.55. The van der Waals surface area contributed by atoms with Gasteiger partial charge in [-0.1, -0.05) is 13.8 Å². The minimum atomic E-state index is -1.12. The maximum atomic E-state index is 12.6. The number of hydrogen-bond acceptors (Lipinski definition) is 4. The number of carboxylic acids is 1. The van der Waals surface area contributed by atoms with E-state index in [2.05, 4.69) is 0 Å². The lowest BCUT2D eigenvalue weighted by atomic mass is 9.92. The molecule has 0 saturated heterocycles. The van der Waals surface area contributed by atoms with Gasteiger partial charge in [-0.2, -0.15) is 0 Å². The molecule has 1 aromatic rings. The molecule has 0 aliphatic carbocycles. The Labute approximate surface area is 116 Å². The molecule has 1 amide bonds. The lowest BCUT2D eigenvalue weighted by Gasteiger charge is -2.41. The smallest absolute Gasteiger partial charge is 0.323 e. The summed E-state index contributed by atoms with van der Waals surface area (Å²) in [6.45, 7) is 3.19. The second-order valence-electron chi connectivity index (χ2n) is 4.74. The number of carboxylic acid groups (broad SMARTS) is 1. The summed E-state index contributed by atoms with van der Waals surface area (Å²) < 4.78 is 5.80. The third kappa shape index (κ3) is 2.17. The molecule has 0 saturated carbocycles. The van der Waals surface area contributed by atoms with Crippen molar-refractivity contribution in [1.82, 2.24) is 0 Å². The fourth-order valence-electron chi connectivity index (χ4n) is 2.40. The van der Waals surface area contributed by atoms with E-state index in [-0.39, 0.29) is 17.3 Å². The lowest BCUT2D eigenvalue weighted by molar-refractivity contribution is -0.141. The molecule has 0 fully saturated rings. The van der Waals surface area contributed by atoms with Gasteiger partial charge in [0.05, 0.1) is 5.69 Å². The van der Waals surface area contributed by atoms with E-state index in [1.54, 1.807) is 6.07 Å². The number of aliphatic carboxylic acids is 1. The third-order valence-corrected chi connectivity index (χ3v) is 3.61. The van der Waals surface area contributed by atoms with Crippen molar-refractivity contribution in [2.24, 2.45) is 0 Å². The molecule has 0 radical (unpaired) electrons. The molecule has 0 aromatic heterocycles. The van der Waals surface area contributed by atoms with Crippen LogP contribution in [0.2, 0.25) is 0 Å². The summed E-state index contributed by atoms with van der Waals surface area (Å²) in [5, 5.41) is 18.5. The van der Waals surface area contributed by atoms with Crippen molar-refractivity contribution >= 4 is 17.6 Å². The number of benzene rings is 1. The minimum Gasteiger partial charge on any atom is -0.508 e. The van der Waals surface area contributed by atoms with Gasteiger partial charge < -0.3 is 14.9 Å². The van der Waals surface area contributed by atoms with Gasteiger partial charge >= 0.3 is 5.97 Å². The van der Waals surface area contributed by atoms with E-state index in [1.165, 1.54) is 12.1 Å². The maximum absolute atomic E-state index is 12.6. The normalized spacial score (nSPS) is 16.5. The second-order valence-corrected chi connectivity index (χ2v) is 4.74. The van der Waals surface area contributed by atoms with Crippen LogP contribution in [0.4, 0.5) is 5.69 Å². The Morgan fingerprint density at radius 3 is 2.55 bits per heavy atom. The lowest BCUT2D eigenvalue weighted by Crippen LogP contribution is -2.56. The first kappa shape index (κ1) is 14.2. The van der Waals surface area contributed by atoms with Gasteiger partial charge in [-0.05, 0) is 25.0 Å². The number of phenols is 1. The summed E-state index contributed by atoms with van der Waals surface area (Å²) >= 11 is 0. The first-order valence-corrected chi connectivity index (χ1v) is 6.49. The molecule has 0 bridgehead atoms. The van der Waals surface area contributed by atoms with Crippen molar-refractivity contribution < 1.29 is 24.5 Å². The fraction of sp³-hybridized carbons (Fsp3) is 0.429. The Morgan fingerprint density at radius 2 is 2.00 bits per heavy atom. The molecule has 1 aliphatic heterocycles. The van der Waals surface area contributed by atoms with Crippen LogP contribution in [0.1, 0.15) is 26.7 Å². The first-order chi connectivity index (χ1) is 9.43. The van der Waals surface area contributed by atoms with Crippen LogP contribution in [0.25, 0.3) is 0 Å². The number of carbonyl (C=O) groups is 2. The van der Waals surface area contributed by atoms with Gasteiger partial charge in [0.2, 0.25) is 0 Å². The number of fused-ring (bicyclic) bond motifs is 1. The van der Waals surface area contributed by atoms with Crippen molar-refractivity contribution in [3.05, 3.63) is 18.2 Å². The van der Waals surface area contributed by atoms with Crippen molar-refractivity contribution in [2.45, 2.75) is 32.3 Å². The molecule has 6 heteroatoms. The summed E-state index contributed by atoms with van der Waals surface area (Å²) in [6.07, 6.45) is 0.886. The number of ether oxygens (including phenoxy) is 1. The zero-order chi connectivity index (χ0) is 14.9. The van der Waals surface area contributed by atoms with Crippen LogP contribution < -0.4 is 9.64 Å². The number of hydrogen-bond donors (Lipinski definition) is 2. The number of anilines is 1. The average molecular weight is 279 g/mol. The van der Waals surface area contributed by atoms with Crippen molar-refractivity contribution in [2.75, 3.05) is 11.4 Å². The number of nitrogens with zero attached hydrogens (tertiary/aromatic N) is 1. The summed E-state index contributed by atoms with van der Waals surface area (Å²) in [4.78, 5) is 24.7. The van der Waals surface area contributed by atoms with E-state index in [1.807, 2.05) is 13.8 Å². The summed E-state index contributed by atoms with van der Waals surface area (Å²) in [5.41, 5.74) is -0.755. The summed E-state index contributed by atoms with van der Waals surface area (Å²) in [5.74, 6) is -1.14. The van der Waals surface area contributed by atoms with E-state index in [0.717, 1.165) is 4.90 Å². The molecule has 1 aliphatic rings. The maximum Gasteiger partial charge on any atom is 0.323 e. The monoisotopic (exact) mass is 279 g/mol. The van der Waals surface area contributed by atoms with Crippen LogP contribution in [-0.2, 0) is 9.59 Å². The molecule has 6 nitrogen and oxygen atoms in total. The predicted molar refractivity (Wildman–Crippen MR) is 72.0 cm³/mol. The molecule has 108 valence electrons. The number of aromatic hydroxyl groups is 1. The number of rotatable bonds is 4. The van der Waals surface area contributed by atoms with E-state index in [0.29, 0.717) is 18.6 Å². The Kier molecular flexibility index (Phi) is 3.57. The highest BCUT2D eigenvalue weighted by Crippen LogP contribution is 2.41. The Bertz CT molecular complexity index is 550. The van der Waals surface area contributed by atoms with Gasteiger partial charge in [-0.3, -0.25) is 14.5 Å². The van der Waals surface area contributed by atoms with E-state index < -0.39 is 18.1 Å². The molecule has 0 spiro atoms. The average Bonchev–Trinajstić information content (AvgIpc) is 2.42. The quantitative estimate of drug-likeness (QED) is 0.877. The number of phenolic OH excluding ortho intramolecular Hbond substituents is 1. The third-order valence-electron chi connectivity index (χ3n) is 3.61. The largest absolute Gasteiger partial charge is 0.508 e. The van der Waals surface area contributed by atoms with Crippen molar-refractivity contribution in [3.8, 4) is 11.5 Å². The zero-order valence-corrected chi connectivity index (χ0v) is 11.4. The van der Waals surface area contributed by atoms with Crippen LogP contribution in [0.3, 0.4) is 0 Å². The topological polar surface area (TPSA) is 87.1 Å². The molecule has 1 aromatic carbocycles. The molecule has 1 heterocycles. The van der Waals surface area contributed by atoms with Crippen LogP contribution in [0, 0.1) is 0 Å².